The molecule has 4 amide bonds. The lowest BCUT2D eigenvalue weighted by molar-refractivity contribution is -0.152. The van der Waals surface area contributed by atoms with Gasteiger partial charge in [-0.05, 0) is 137 Å². The number of hydrogen-bond donors (Lipinski definition) is 2. The van der Waals surface area contributed by atoms with E-state index < -0.39 is 40.2 Å². The summed E-state index contributed by atoms with van der Waals surface area (Å²) in [5.74, 6) is -1.65. The van der Waals surface area contributed by atoms with E-state index in [2.05, 4.69) is 10.6 Å². The number of nitrogens with one attached hydrogen (secondary N) is 2. The number of methoxy groups -OCH3 is 2. The highest BCUT2D eigenvalue weighted by molar-refractivity contribution is 6.31. The van der Waals surface area contributed by atoms with Crippen molar-refractivity contribution < 1.29 is 69.3 Å². The van der Waals surface area contributed by atoms with Crippen LogP contribution in [-0.4, -0.2) is 89.7 Å². The van der Waals surface area contributed by atoms with Crippen LogP contribution in [0.5, 0.6) is 0 Å². The maximum Gasteiger partial charge on any atom is 0.416 e. The molecule has 22 heteroatoms. The molecule has 4 fully saturated rings. The van der Waals surface area contributed by atoms with E-state index in [-0.39, 0.29) is 92.0 Å². The summed E-state index contributed by atoms with van der Waals surface area (Å²) in [6, 6.07) is 23.8. The first-order valence-corrected chi connectivity index (χ1v) is 28.7. The number of amides is 4. The average molecular weight is 1280 g/mol. The van der Waals surface area contributed by atoms with Crippen molar-refractivity contribution in [3.05, 3.63) is 146 Å². The molecule has 482 valence electrons. The minimum Gasteiger partial charge on any atom is -0.469 e. The molecule has 0 spiro atoms. The smallest absolute Gasteiger partial charge is 0.416 e. The zero-order chi connectivity index (χ0) is 64.1. The number of benzene rings is 5. The Morgan fingerprint density at radius 1 is 0.591 bits per heavy atom. The summed E-state index contributed by atoms with van der Waals surface area (Å²) in [5, 5.41) is 5.08. The number of halogens is 8. The highest BCUT2D eigenvalue weighted by Gasteiger charge is 2.50. The number of para-hydroxylation sites is 3. The number of anilines is 5. The fourth-order valence-electron chi connectivity index (χ4n) is 10.8. The Hall–Kier alpha value is -7.16. The molecule has 3 atom stereocenters. The number of ether oxygens (including phenoxy) is 3. The highest BCUT2D eigenvalue weighted by atomic mass is 35.5. The number of aryl methyl sites for hydroxylation is 6. The SMILES string of the molecule is C.C.C1CCOC1.CCC1(C(=O)Nc2cc(Cl)cc(C(F)(F)F)c2)CC(=O)N(c2c(C)cccc2C)C1.CCC1(C(=O)OC)CC(=O)N(c2c(C)cccc2C)C1.CNc1cc(Cl)cc(C(F)(F)F)c1.COC(=O)C1CC(=O)N(c2c(C)cccc2C)C1. The summed E-state index contributed by atoms with van der Waals surface area (Å²) >= 11 is 11.3. The minimum absolute atomic E-state index is 0. The number of carbonyl (C=O) groups is 6. The van der Waals surface area contributed by atoms with Crippen molar-refractivity contribution in [3.63, 3.8) is 0 Å². The van der Waals surface area contributed by atoms with Crippen LogP contribution in [0.15, 0.2) is 91.0 Å². The van der Waals surface area contributed by atoms with Crippen LogP contribution in [0.2, 0.25) is 10.0 Å². The maximum atomic E-state index is 13.1. The Morgan fingerprint density at radius 2 is 0.977 bits per heavy atom. The fraction of sp³-hybridized carbons (Fsp3) is 0.455. The topological polar surface area (TPSA) is 164 Å². The predicted molar refractivity (Wildman–Crippen MR) is 336 cm³/mol. The number of carbonyl (C=O) groups excluding carboxylic acids is 6. The van der Waals surface area contributed by atoms with Gasteiger partial charge in [0.15, 0.2) is 0 Å². The van der Waals surface area contributed by atoms with Crippen molar-refractivity contribution in [2.75, 3.05) is 79.4 Å². The molecule has 88 heavy (non-hydrogen) atoms. The van der Waals surface area contributed by atoms with E-state index in [1.165, 1.54) is 46.2 Å². The monoisotopic (exact) mass is 1270 g/mol. The first-order valence-electron chi connectivity index (χ1n) is 28.0. The Kier molecular flexibility index (Phi) is 27.6. The van der Waals surface area contributed by atoms with Gasteiger partial charge in [0.05, 0.1) is 42.1 Å². The second kappa shape index (κ2) is 32.4. The molecular weight excluding hydrogens is 1190 g/mol. The van der Waals surface area contributed by atoms with Gasteiger partial charge in [-0.2, -0.15) is 26.3 Å². The molecule has 4 aliphatic rings. The molecule has 0 radical (unpaired) electrons. The van der Waals surface area contributed by atoms with Crippen molar-refractivity contribution in [1.82, 2.24) is 0 Å². The molecule has 0 saturated carbocycles. The normalized spacial score (nSPS) is 18.6. The molecule has 5 aromatic carbocycles. The Labute approximate surface area is 523 Å². The molecule has 0 bridgehead atoms. The highest BCUT2D eigenvalue weighted by Crippen LogP contribution is 2.43. The van der Waals surface area contributed by atoms with Crippen LogP contribution < -0.4 is 25.3 Å². The molecule has 14 nitrogen and oxygen atoms in total. The van der Waals surface area contributed by atoms with Gasteiger partial charge in [0, 0.05) is 97.6 Å². The van der Waals surface area contributed by atoms with E-state index in [1.54, 1.807) is 21.6 Å². The van der Waals surface area contributed by atoms with Crippen LogP contribution in [0.1, 0.15) is 118 Å². The first-order chi connectivity index (χ1) is 40.4. The van der Waals surface area contributed by atoms with Gasteiger partial charge >= 0.3 is 24.3 Å². The van der Waals surface area contributed by atoms with Crippen molar-refractivity contribution in [2.45, 2.75) is 128 Å². The van der Waals surface area contributed by atoms with Gasteiger partial charge in [0.25, 0.3) is 0 Å². The molecular formula is C66H83Cl2F6N5O9. The largest absolute Gasteiger partial charge is 0.469 e. The number of hydrogen-bond acceptors (Lipinski definition) is 10. The van der Waals surface area contributed by atoms with Gasteiger partial charge in [0.1, 0.15) is 0 Å². The van der Waals surface area contributed by atoms with Crippen molar-refractivity contribution >= 4 is 87.2 Å². The average Bonchev–Trinajstić information content (AvgIpc) is 1.67. The molecule has 4 aliphatic heterocycles. The molecule has 4 saturated heterocycles. The second-order valence-corrected chi connectivity index (χ2v) is 22.6. The summed E-state index contributed by atoms with van der Waals surface area (Å²) in [6.07, 6.45) is -4.97. The number of alkyl halides is 6. The summed E-state index contributed by atoms with van der Waals surface area (Å²) in [5.41, 5.74) is 5.50. The molecule has 2 N–H and O–H groups in total. The maximum absolute atomic E-state index is 13.1. The van der Waals surface area contributed by atoms with Crippen LogP contribution >= 0.6 is 23.2 Å². The summed E-state index contributed by atoms with van der Waals surface area (Å²) < 4.78 is 90.4. The Morgan fingerprint density at radius 3 is 1.34 bits per heavy atom. The van der Waals surface area contributed by atoms with E-state index >= 15 is 0 Å². The van der Waals surface area contributed by atoms with Gasteiger partial charge in [-0.25, -0.2) is 0 Å². The van der Waals surface area contributed by atoms with Crippen LogP contribution in [0.3, 0.4) is 0 Å². The molecule has 0 aliphatic carbocycles. The summed E-state index contributed by atoms with van der Waals surface area (Å²) in [4.78, 5) is 79.0. The van der Waals surface area contributed by atoms with Crippen molar-refractivity contribution in [1.29, 1.82) is 0 Å². The van der Waals surface area contributed by atoms with Crippen LogP contribution in [-0.2, 0) is 55.3 Å². The lowest BCUT2D eigenvalue weighted by Gasteiger charge is -2.27. The van der Waals surface area contributed by atoms with Crippen LogP contribution in [0.4, 0.5) is 54.8 Å². The molecule has 5 aromatic rings. The lowest BCUT2D eigenvalue weighted by atomic mass is 9.83. The van der Waals surface area contributed by atoms with Crippen LogP contribution in [0, 0.1) is 58.3 Å². The molecule has 0 aromatic heterocycles. The third kappa shape index (κ3) is 18.7. The quantitative estimate of drug-likeness (QED) is 0.102. The predicted octanol–water partition coefficient (Wildman–Crippen LogP) is 15.7. The number of esters is 2. The van der Waals surface area contributed by atoms with Gasteiger partial charge < -0.3 is 39.5 Å². The van der Waals surface area contributed by atoms with E-state index in [0.717, 1.165) is 87.9 Å². The molecule has 4 heterocycles. The molecule has 3 unspecified atom stereocenters. The van der Waals surface area contributed by atoms with Gasteiger partial charge in [-0.1, -0.05) is 106 Å². The van der Waals surface area contributed by atoms with E-state index in [4.69, 9.17) is 37.4 Å². The van der Waals surface area contributed by atoms with Gasteiger partial charge in [0.2, 0.25) is 23.6 Å². The summed E-state index contributed by atoms with van der Waals surface area (Å²) in [7, 11) is 4.27. The second-order valence-electron chi connectivity index (χ2n) is 21.7. The zero-order valence-corrected chi connectivity index (χ0v) is 51.8. The van der Waals surface area contributed by atoms with E-state index in [1.807, 2.05) is 103 Å². The zero-order valence-electron chi connectivity index (χ0n) is 50.3. The Balaban J connectivity index is 0.000000307. The number of nitrogens with zero attached hydrogens (tertiary/aromatic N) is 3. The van der Waals surface area contributed by atoms with Crippen LogP contribution in [0.25, 0.3) is 0 Å². The first kappa shape index (κ1) is 75.1. The Bertz CT molecular complexity index is 3200. The fourth-order valence-corrected chi connectivity index (χ4v) is 11.3. The van der Waals surface area contributed by atoms with Gasteiger partial charge in [-0.3, -0.25) is 28.8 Å². The summed E-state index contributed by atoms with van der Waals surface area (Å²) in [6.45, 7) is 18.4. The third-order valence-electron chi connectivity index (χ3n) is 15.6. The standard InChI is InChI=1S/C22H22ClF3N2O2.C16H21NO3.C14H17NO3.C8H7ClF3N.C4H8O.2CH4/c1-4-21(11-18(29)28(12-21)19-13(2)6-5-7-14(19)3)20(30)27-17-9-15(22(24,25)26)8-16(23)10-17;1-5-16(15(19)20-4)9-13(18)17(10-16)14-11(2)7-6-8-12(14)3;1-9-5-4-6-10(2)13(9)15-8-11(7-12(15)16)14(17)18-3;1-13-7-3-5(8(10,11)12)2-6(9)4-7;1-2-4-5-3-1;;/h5-10H,4,11-12H2,1-3H3,(H,27,30);6-8H,5,9-10H2,1-4H3;4-6,11H,7-8H2,1-3H3;2-4,13H,1H3;1-4H2;2*1H4. The van der Waals surface area contributed by atoms with E-state index in [9.17, 15) is 55.1 Å². The van der Waals surface area contributed by atoms with Crippen molar-refractivity contribution in [2.24, 2.45) is 16.7 Å². The molecule has 9 rings (SSSR count). The van der Waals surface area contributed by atoms with Gasteiger partial charge in [-0.15, -0.1) is 0 Å². The number of rotatable bonds is 10. The van der Waals surface area contributed by atoms with Crippen molar-refractivity contribution in [3.8, 4) is 0 Å². The van der Waals surface area contributed by atoms with E-state index in [0.29, 0.717) is 31.6 Å². The third-order valence-corrected chi connectivity index (χ3v) is 16.0. The lowest BCUT2D eigenvalue weighted by Crippen LogP contribution is -2.39. The minimum atomic E-state index is -4.59.